The lowest BCUT2D eigenvalue weighted by molar-refractivity contribution is 0.102. The summed E-state index contributed by atoms with van der Waals surface area (Å²) in [5.74, 6) is -0.345. The van der Waals surface area contributed by atoms with Crippen LogP contribution in [0.4, 0.5) is 11.4 Å². The number of para-hydroxylation sites is 2. The van der Waals surface area contributed by atoms with Gasteiger partial charge in [-0.2, -0.15) is 0 Å². The van der Waals surface area contributed by atoms with Crippen LogP contribution in [-0.4, -0.2) is 19.3 Å². The van der Waals surface area contributed by atoms with E-state index >= 15 is 0 Å². The van der Waals surface area contributed by atoms with Crippen LogP contribution in [0.2, 0.25) is 0 Å². The second kappa shape index (κ2) is 7.96. The molecule has 1 aromatic heterocycles. The molecule has 0 aliphatic carbocycles. The largest absolute Gasteiger partial charge is 0.321 e. The Kier molecular flexibility index (Phi) is 5.20. The Morgan fingerprint density at radius 2 is 1.60 bits per heavy atom. The molecule has 2 N–H and O–H groups in total. The van der Waals surface area contributed by atoms with Gasteiger partial charge in [-0.25, -0.2) is 8.42 Å². The first-order valence-electron chi connectivity index (χ1n) is 9.27. The average Bonchev–Trinajstić information content (AvgIpc) is 2.75. The van der Waals surface area contributed by atoms with Gasteiger partial charge in [-0.1, -0.05) is 36.4 Å². The summed E-state index contributed by atoms with van der Waals surface area (Å²) in [6.45, 7) is 1.83. The molecular formula is C23H19N3O3S. The van der Waals surface area contributed by atoms with Crippen molar-refractivity contribution in [2.75, 3.05) is 10.0 Å². The fourth-order valence-corrected chi connectivity index (χ4v) is 4.15. The zero-order chi connectivity index (χ0) is 21.1. The minimum Gasteiger partial charge on any atom is -0.321 e. The summed E-state index contributed by atoms with van der Waals surface area (Å²) in [5.41, 5.74) is 3.09. The molecule has 4 rings (SSSR count). The van der Waals surface area contributed by atoms with E-state index in [1.165, 1.54) is 24.3 Å². The summed E-state index contributed by atoms with van der Waals surface area (Å²) in [6.07, 6.45) is 1.59. The molecule has 7 heteroatoms. The molecule has 0 saturated carbocycles. The number of carbonyl (C=O) groups excluding carboxylic acids is 1. The monoisotopic (exact) mass is 417 g/mol. The van der Waals surface area contributed by atoms with E-state index in [1.54, 1.807) is 18.3 Å². The van der Waals surface area contributed by atoms with Crippen LogP contribution in [-0.2, 0) is 10.0 Å². The Hall–Kier alpha value is -3.71. The molecule has 0 fully saturated rings. The van der Waals surface area contributed by atoms with Crippen molar-refractivity contribution in [1.82, 2.24) is 4.98 Å². The summed E-state index contributed by atoms with van der Waals surface area (Å²) in [5, 5.41) is 3.71. The van der Waals surface area contributed by atoms with Gasteiger partial charge in [0.05, 0.1) is 28.0 Å². The summed E-state index contributed by atoms with van der Waals surface area (Å²) in [6, 6.07) is 22.4. The van der Waals surface area contributed by atoms with Gasteiger partial charge in [0, 0.05) is 10.9 Å². The SMILES string of the molecule is Cc1ccccc1NS(=O)(=O)c1ccc(C(=O)Nc2cnc3ccccc3c2)cc1. The van der Waals surface area contributed by atoms with Gasteiger partial charge in [0.2, 0.25) is 0 Å². The van der Waals surface area contributed by atoms with E-state index in [0.29, 0.717) is 16.9 Å². The maximum absolute atomic E-state index is 12.6. The van der Waals surface area contributed by atoms with Crippen LogP contribution in [0, 0.1) is 6.92 Å². The van der Waals surface area contributed by atoms with Gasteiger partial charge >= 0.3 is 0 Å². The summed E-state index contributed by atoms with van der Waals surface area (Å²) < 4.78 is 27.8. The first kappa shape index (κ1) is 19.6. The topological polar surface area (TPSA) is 88.2 Å². The van der Waals surface area contributed by atoms with Gasteiger partial charge in [-0.05, 0) is 55.0 Å². The van der Waals surface area contributed by atoms with Gasteiger partial charge in [-0.3, -0.25) is 14.5 Å². The molecule has 0 radical (unpaired) electrons. The zero-order valence-electron chi connectivity index (χ0n) is 16.2. The van der Waals surface area contributed by atoms with Crippen LogP contribution < -0.4 is 10.0 Å². The van der Waals surface area contributed by atoms with Crippen LogP contribution in [0.1, 0.15) is 15.9 Å². The van der Waals surface area contributed by atoms with E-state index < -0.39 is 10.0 Å². The molecule has 0 aliphatic rings. The van der Waals surface area contributed by atoms with Crippen molar-refractivity contribution in [3.63, 3.8) is 0 Å². The van der Waals surface area contributed by atoms with Gasteiger partial charge in [-0.15, -0.1) is 0 Å². The maximum atomic E-state index is 12.6. The third-order valence-corrected chi connectivity index (χ3v) is 6.05. The Morgan fingerprint density at radius 3 is 2.37 bits per heavy atom. The summed E-state index contributed by atoms with van der Waals surface area (Å²) in [4.78, 5) is 16.9. The van der Waals surface area contributed by atoms with Gasteiger partial charge in [0.15, 0.2) is 0 Å². The Labute approximate surface area is 174 Å². The Morgan fingerprint density at radius 1 is 0.900 bits per heavy atom. The number of carbonyl (C=O) groups is 1. The molecule has 150 valence electrons. The predicted molar refractivity (Wildman–Crippen MR) is 118 cm³/mol. The van der Waals surface area contributed by atoms with E-state index in [0.717, 1.165) is 16.5 Å². The number of hydrogen-bond donors (Lipinski definition) is 2. The normalized spacial score (nSPS) is 11.2. The standard InChI is InChI=1S/C23H19N3O3S/c1-16-6-2-4-8-21(16)26-30(28,29)20-12-10-17(11-13-20)23(27)25-19-14-18-7-3-5-9-22(18)24-15-19/h2-15,26H,1H3,(H,25,27). The lowest BCUT2D eigenvalue weighted by atomic mass is 10.2. The van der Waals surface area contributed by atoms with Crippen molar-refractivity contribution in [2.45, 2.75) is 11.8 Å². The quantitative estimate of drug-likeness (QED) is 0.497. The highest BCUT2D eigenvalue weighted by atomic mass is 32.2. The first-order valence-corrected chi connectivity index (χ1v) is 10.8. The van der Waals surface area contributed by atoms with Crippen molar-refractivity contribution in [3.05, 3.63) is 96.2 Å². The predicted octanol–water partition coefficient (Wildman–Crippen LogP) is 4.60. The van der Waals surface area contributed by atoms with E-state index in [1.807, 2.05) is 49.4 Å². The van der Waals surface area contributed by atoms with Crippen molar-refractivity contribution in [3.8, 4) is 0 Å². The number of aromatic nitrogens is 1. The van der Waals surface area contributed by atoms with Crippen molar-refractivity contribution < 1.29 is 13.2 Å². The minimum absolute atomic E-state index is 0.0784. The number of pyridine rings is 1. The summed E-state index contributed by atoms with van der Waals surface area (Å²) in [7, 11) is -3.75. The second-order valence-corrected chi connectivity index (χ2v) is 8.50. The molecule has 0 atom stereocenters. The fraction of sp³-hybridized carbons (Fsp3) is 0.0435. The average molecular weight is 417 g/mol. The molecule has 0 bridgehead atoms. The number of aryl methyl sites for hydroxylation is 1. The molecule has 4 aromatic rings. The van der Waals surface area contributed by atoms with Crippen molar-refractivity contribution in [2.24, 2.45) is 0 Å². The number of anilines is 2. The van der Waals surface area contributed by atoms with Crippen molar-refractivity contribution in [1.29, 1.82) is 0 Å². The highest BCUT2D eigenvalue weighted by Gasteiger charge is 2.16. The van der Waals surface area contributed by atoms with Gasteiger partial charge < -0.3 is 5.32 Å². The van der Waals surface area contributed by atoms with Gasteiger partial charge in [0.25, 0.3) is 15.9 Å². The molecule has 3 aromatic carbocycles. The van der Waals surface area contributed by atoms with E-state index in [2.05, 4.69) is 15.0 Å². The van der Waals surface area contributed by atoms with Crippen LogP contribution in [0.15, 0.2) is 90.0 Å². The van der Waals surface area contributed by atoms with Crippen molar-refractivity contribution >= 4 is 38.2 Å². The van der Waals surface area contributed by atoms with Crippen LogP contribution in [0.5, 0.6) is 0 Å². The lowest BCUT2D eigenvalue weighted by Crippen LogP contribution is -2.15. The van der Waals surface area contributed by atoms with E-state index in [-0.39, 0.29) is 10.8 Å². The smallest absolute Gasteiger partial charge is 0.261 e. The third kappa shape index (κ3) is 4.16. The third-order valence-electron chi connectivity index (χ3n) is 4.66. The number of nitrogens with zero attached hydrogens (tertiary/aromatic N) is 1. The molecule has 0 aliphatic heterocycles. The van der Waals surface area contributed by atoms with Crippen LogP contribution >= 0.6 is 0 Å². The summed E-state index contributed by atoms with van der Waals surface area (Å²) >= 11 is 0. The molecule has 30 heavy (non-hydrogen) atoms. The Balaban J connectivity index is 1.50. The maximum Gasteiger partial charge on any atom is 0.261 e. The highest BCUT2D eigenvalue weighted by Crippen LogP contribution is 2.21. The van der Waals surface area contributed by atoms with E-state index in [4.69, 9.17) is 0 Å². The molecule has 1 amide bonds. The highest BCUT2D eigenvalue weighted by molar-refractivity contribution is 7.92. The fourth-order valence-electron chi connectivity index (χ4n) is 3.02. The zero-order valence-corrected chi connectivity index (χ0v) is 17.0. The molecule has 0 unspecified atom stereocenters. The van der Waals surface area contributed by atoms with Crippen LogP contribution in [0.3, 0.4) is 0 Å². The molecule has 0 spiro atoms. The molecule has 1 heterocycles. The van der Waals surface area contributed by atoms with E-state index in [9.17, 15) is 13.2 Å². The minimum atomic E-state index is -3.75. The van der Waals surface area contributed by atoms with Gasteiger partial charge in [0.1, 0.15) is 0 Å². The number of hydrogen-bond acceptors (Lipinski definition) is 4. The number of nitrogens with one attached hydrogen (secondary N) is 2. The molecule has 0 saturated heterocycles. The molecular weight excluding hydrogens is 398 g/mol. The number of rotatable bonds is 5. The number of amides is 1. The first-order chi connectivity index (χ1) is 14.4. The Bertz CT molecular complexity index is 1330. The number of sulfonamides is 1. The molecule has 6 nitrogen and oxygen atoms in total. The van der Waals surface area contributed by atoms with Crippen LogP contribution in [0.25, 0.3) is 10.9 Å². The lowest BCUT2D eigenvalue weighted by Gasteiger charge is -2.11. The number of benzene rings is 3. The second-order valence-electron chi connectivity index (χ2n) is 6.82. The number of fused-ring (bicyclic) bond motifs is 1.